The van der Waals surface area contributed by atoms with Crippen LogP contribution in [0.15, 0.2) is 42.7 Å². The van der Waals surface area contributed by atoms with Crippen LogP contribution in [0.3, 0.4) is 0 Å². The second-order valence-electron chi connectivity index (χ2n) is 10.7. The third-order valence-electron chi connectivity index (χ3n) is 6.90. The molecule has 1 unspecified atom stereocenters. The van der Waals surface area contributed by atoms with Crippen LogP contribution in [-0.4, -0.2) is 42.5 Å². The molecule has 186 valence electrons. The van der Waals surface area contributed by atoms with Crippen molar-refractivity contribution < 1.29 is 4.43 Å². The van der Waals surface area contributed by atoms with Crippen LogP contribution < -0.4 is 10.6 Å². The van der Waals surface area contributed by atoms with Crippen molar-refractivity contribution in [3.63, 3.8) is 0 Å². The van der Waals surface area contributed by atoms with Gasteiger partial charge < -0.3 is 15.1 Å². The molecule has 0 fully saturated rings. The number of aromatic nitrogens is 3. The molecule has 1 atom stereocenters. The third kappa shape index (κ3) is 7.91. The van der Waals surface area contributed by atoms with Crippen LogP contribution in [0.4, 0.5) is 11.8 Å². The van der Waals surface area contributed by atoms with Gasteiger partial charge in [-0.2, -0.15) is 4.98 Å². The van der Waals surface area contributed by atoms with Gasteiger partial charge in [-0.25, -0.2) is 4.98 Å². The van der Waals surface area contributed by atoms with Crippen LogP contribution in [0.5, 0.6) is 0 Å². The summed E-state index contributed by atoms with van der Waals surface area (Å²) in [5.74, 6) is 1.49. The van der Waals surface area contributed by atoms with Crippen LogP contribution in [0, 0.1) is 0 Å². The van der Waals surface area contributed by atoms with Crippen LogP contribution in [0.25, 0.3) is 11.3 Å². The maximum atomic E-state index is 6.84. The predicted octanol–water partition coefficient (Wildman–Crippen LogP) is 7.05. The maximum absolute atomic E-state index is 6.84. The highest BCUT2D eigenvalue weighted by Gasteiger charge is 2.38. The minimum absolute atomic E-state index is 0.238. The molecule has 3 rings (SSSR count). The Balaban J connectivity index is 1.71. The van der Waals surface area contributed by atoms with Crippen LogP contribution >= 0.6 is 0 Å². The normalized spacial score (nSPS) is 20.0. The van der Waals surface area contributed by atoms with E-state index in [0.717, 1.165) is 68.7 Å². The fourth-order valence-corrected chi connectivity index (χ4v) is 5.26. The lowest BCUT2D eigenvalue weighted by atomic mass is 10.1. The molecule has 0 radical (unpaired) electrons. The summed E-state index contributed by atoms with van der Waals surface area (Å²) in [6.45, 7) is 13.4. The van der Waals surface area contributed by atoms with Crippen molar-refractivity contribution in [3.8, 4) is 11.3 Å². The van der Waals surface area contributed by atoms with Gasteiger partial charge in [-0.05, 0) is 75.2 Å². The van der Waals surface area contributed by atoms with Crippen molar-refractivity contribution in [1.82, 2.24) is 15.0 Å². The molecule has 0 aromatic carbocycles. The number of hydrogen-bond acceptors (Lipinski definition) is 6. The zero-order valence-electron chi connectivity index (χ0n) is 21.7. The molecule has 3 heterocycles. The summed E-state index contributed by atoms with van der Waals surface area (Å²) in [6.07, 6.45) is 16.3. The number of pyridine rings is 1. The average molecular weight is 482 g/mol. The molecule has 0 spiro atoms. The molecule has 0 saturated carbocycles. The topological polar surface area (TPSA) is 72.0 Å². The van der Waals surface area contributed by atoms with Gasteiger partial charge in [-0.1, -0.05) is 39.0 Å². The summed E-state index contributed by atoms with van der Waals surface area (Å²) < 4.78 is 6.84. The first-order valence-corrected chi connectivity index (χ1v) is 15.8. The largest absolute Gasteiger partial charge is 0.414 e. The second kappa shape index (κ2) is 12.5. The zero-order chi connectivity index (χ0) is 24.4. The van der Waals surface area contributed by atoms with Crippen molar-refractivity contribution in [2.75, 3.05) is 23.7 Å². The lowest BCUT2D eigenvalue weighted by Gasteiger charge is -2.39. The molecule has 2 aromatic rings. The summed E-state index contributed by atoms with van der Waals surface area (Å²) in [5.41, 5.74) is 1.82. The Morgan fingerprint density at radius 2 is 1.74 bits per heavy atom. The van der Waals surface area contributed by atoms with Gasteiger partial charge in [0.05, 0.1) is 11.3 Å². The van der Waals surface area contributed by atoms with Crippen molar-refractivity contribution >= 4 is 20.1 Å². The van der Waals surface area contributed by atoms with E-state index in [4.69, 9.17) is 9.41 Å². The summed E-state index contributed by atoms with van der Waals surface area (Å²) in [4.78, 5) is 13.8. The standard InChI is InChI=1S/C27H43N5OSi/c1-27(2,3)34(4,5)33-22-15-9-7-6-8-12-20-30-26-31-21-23(24-17-11-14-18-28-24)25(32-26)29-19-13-10-16-22/h6,8,11,14,17-18,21-22H,7,9-10,12-13,15-16,19-20H2,1-5H3,(H2,29,30,31,32)/b8-6-. The lowest BCUT2D eigenvalue weighted by Crippen LogP contribution is -2.44. The van der Waals surface area contributed by atoms with E-state index >= 15 is 0 Å². The number of rotatable bonds is 3. The number of anilines is 2. The highest BCUT2D eigenvalue weighted by Crippen LogP contribution is 2.38. The molecule has 2 aromatic heterocycles. The van der Waals surface area contributed by atoms with Gasteiger partial charge in [0.2, 0.25) is 5.95 Å². The van der Waals surface area contributed by atoms with E-state index in [-0.39, 0.29) is 5.04 Å². The van der Waals surface area contributed by atoms with E-state index in [1.54, 1.807) is 0 Å². The fraction of sp³-hybridized carbons (Fsp3) is 0.593. The summed E-state index contributed by atoms with van der Waals surface area (Å²) in [7, 11) is -1.77. The monoisotopic (exact) mass is 481 g/mol. The minimum Gasteiger partial charge on any atom is -0.414 e. The molecule has 0 aliphatic carbocycles. The van der Waals surface area contributed by atoms with Gasteiger partial charge in [-0.3, -0.25) is 4.98 Å². The quantitative estimate of drug-likeness (QED) is 0.361. The first-order chi connectivity index (χ1) is 16.3. The van der Waals surface area contributed by atoms with E-state index in [9.17, 15) is 0 Å². The Morgan fingerprint density at radius 1 is 0.941 bits per heavy atom. The number of nitrogens with zero attached hydrogens (tertiary/aromatic N) is 3. The number of fused-ring (bicyclic) bond motifs is 2. The van der Waals surface area contributed by atoms with Gasteiger partial charge in [0, 0.05) is 31.6 Å². The highest BCUT2D eigenvalue weighted by atomic mass is 28.4. The van der Waals surface area contributed by atoms with Crippen molar-refractivity contribution in [2.24, 2.45) is 0 Å². The lowest BCUT2D eigenvalue weighted by molar-refractivity contribution is 0.156. The Labute approximate surface area is 207 Å². The molecule has 2 bridgehead atoms. The van der Waals surface area contributed by atoms with Crippen LogP contribution in [0.2, 0.25) is 18.1 Å². The van der Waals surface area contributed by atoms with E-state index in [0.29, 0.717) is 12.1 Å². The van der Waals surface area contributed by atoms with Crippen molar-refractivity contribution in [3.05, 3.63) is 42.7 Å². The van der Waals surface area contributed by atoms with Crippen molar-refractivity contribution in [2.45, 2.75) is 90.0 Å². The second-order valence-corrected chi connectivity index (χ2v) is 15.5. The fourth-order valence-electron chi connectivity index (χ4n) is 3.84. The molecule has 2 N–H and O–H groups in total. The first kappa shape index (κ1) is 26.4. The molecular formula is C27H43N5OSi. The van der Waals surface area contributed by atoms with Gasteiger partial charge in [0.25, 0.3) is 0 Å². The molecule has 7 heteroatoms. The minimum atomic E-state index is -1.77. The molecule has 0 saturated heterocycles. The predicted molar refractivity (Wildman–Crippen MR) is 146 cm³/mol. The molecule has 0 amide bonds. The number of allylic oxidation sites excluding steroid dienone is 1. The van der Waals surface area contributed by atoms with Gasteiger partial charge >= 0.3 is 0 Å². The summed E-state index contributed by atoms with van der Waals surface area (Å²) in [5, 5.41) is 7.15. The van der Waals surface area contributed by atoms with Crippen LogP contribution in [0.1, 0.15) is 65.7 Å². The highest BCUT2D eigenvalue weighted by molar-refractivity contribution is 6.74. The maximum Gasteiger partial charge on any atom is 0.224 e. The van der Waals surface area contributed by atoms with E-state index in [1.165, 1.54) is 6.42 Å². The van der Waals surface area contributed by atoms with Gasteiger partial charge in [-0.15, -0.1) is 0 Å². The molecular weight excluding hydrogens is 438 g/mol. The van der Waals surface area contributed by atoms with Gasteiger partial charge in [0.15, 0.2) is 8.32 Å². The first-order valence-electron chi connectivity index (χ1n) is 12.9. The summed E-state index contributed by atoms with van der Waals surface area (Å²) >= 11 is 0. The van der Waals surface area contributed by atoms with Crippen molar-refractivity contribution in [1.29, 1.82) is 0 Å². The van der Waals surface area contributed by atoms with E-state index in [2.05, 4.69) is 66.6 Å². The van der Waals surface area contributed by atoms with Crippen LogP contribution in [-0.2, 0) is 4.43 Å². The summed E-state index contributed by atoms with van der Waals surface area (Å²) in [6, 6.07) is 5.92. The SMILES string of the molecule is CC(C)(C)[Si](C)(C)OC1CCC/C=C\CCNc2ncc(-c3ccccn3)c(n2)NCCCC1. The number of nitrogens with one attached hydrogen (secondary N) is 2. The van der Waals surface area contributed by atoms with Gasteiger partial charge in [0.1, 0.15) is 5.82 Å². The number of hydrogen-bond donors (Lipinski definition) is 2. The Kier molecular flexibility index (Phi) is 9.65. The average Bonchev–Trinajstić information content (AvgIpc) is 2.79. The zero-order valence-corrected chi connectivity index (χ0v) is 22.7. The molecule has 1 aliphatic rings. The Hall–Kier alpha value is -2.25. The van der Waals surface area contributed by atoms with E-state index in [1.807, 2.05) is 30.6 Å². The smallest absolute Gasteiger partial charge is 0.224 e. The molecule has 6 nitrogen and oxygen atoms in total. The molecule has 1 aliphatic heterocycles. The Morgan fingerprint density at radius 3 is 2.50 bits per heavy atom. The molecule has 34 heavy (non-hydrogen) atoms. The van der Waals surface area contributed by atoms with E-state index < -0.39 is 8.32 Å². The Bertz CT molecular complexity index is 911. The third-order valence-corrected chi connectivity index (χ3v) is 11.4.